The highest BCUT2D eigenvalue weighted by molar-refractivity contribution is 14.1. The van der Waals surface area contributed by atoms with Gasteiger partial charge in [0, 0.05) is 12.1 Å². The Bertz CT molecular complexity index is 1180. The number of non-ortho nitro benzene ring substituents is 1. The Balaban J connectivity index is 1.90. The highest BCUT2D eigenvalue weighted by Gasteiger charge is 2.13. The Morgan fingerprint density at radius 3 is 2.58 bits per heavy atom. The molecule has 0 unspecified atom stereocenters. The molecule has 0 amide bonds. The lowest BCUT2D eigenvalue weighted by molar-refractivity contribution is -0.384. The lowest BCUT2D eigenvalue weighted by Crippen LogP contribution is -2.00. The smallest absolute Gasteiger partial charge is 0.270 e. The molecular weight excluding hydrogens is 507 g/mol. The second kappa shape index (κ2) is 10.1. The van der Waals surface area contributed by atoms with Crippen LogP contribution in [0.2, 0.25) is 0 Å². The van der Waals surface area contributed by atoms with Gasteiger partial charge in [0.2, 0.25) is 0 Å². The van der Waals surface area contributed by atoms with E-state index in [1.807, 2.05) is 37.3 Å². The maximum Gasteiger partial charge on any atom is 0.270 e. The average Bonchev–Trinajstić information content (AvgIpc) is 2.77. The molecule has 0 atom stereocenters. The summed E-state index contributed by atoms with van der Waals surface area (Å²) < 4.78 is 12.3. The van der Waals surface area contributed by atoms with Gasteiger partial charge in [-0.15, -0.1) is 0 Å². The number of ether oxygens (including phenoxy) is 2. The number of nitriles is 1. The molecule has 0 aromatic heterocycles. The number of benzene rings is 3. The van der Waals surface area contributed by atoms with E-state index in [-0.39, 0.29) is 5.69 Å². The number of nitro benzene ring substituents is 1. The number of aryl methyl sites for hydroxylation is 1. The lowest BCUT2D eigenvalue weighted by atomic mass is 10.0. The summed E-state index contributed by atoms with van der Waals surface area (Å²) in [7, 11) is 1.56. The van der Waals surface area contributed by atoms with E-state index in [9.17, 15) is 15.4 Å². The summed E-state index contributed by atoms with van der Waals surface area (Å²) in [5, 5.41) is 20.6. The molecule has 3 aromatic rings. The molecule has 0 aliphatic rings. The molecule has 0 saturated heterocycles. The van der Waals surface area contributed by atoms with Gasteiger partial charge in [0.05, 0.1) is 27.2 Å². The number of rotatable bonds is 7. The predicted octanol–water partition coefficient (Wildman–Crippen LogP) is 6.16. The molecule has 31 heavy (non-hydrogen) atoms. The van der Waals surface area contributed by atoms with Crippen LogP contribution >= 0.6 is 22.6 Å². The summed E-state index contributed by atoms with van der Waals surface area (Å²) in [6, 6.07) is 19.9. The van der Waals surface area contributed by atoms with Crippen molar-refractivity contribution in [2.45, 2.75) is 13.5 Å². The Morgan fingerprint density at radius 2 is 1.94 bits per heavy atom. The molecule has 0 aliphatic heterocycles. The van der Waals surface area contributed by atoms with Gasteiger partial charge in [-0.05, 0) is 64.4 Å². The molecule has 0 N–H and O–H groups in total. The number of halogens is 1. The summed E-state index contributed by atoms with van der Waals surface area (Å²) >= 11 is 2.16. The van der Waals surface area contributed by atoms with Crippen molar-refractivity contribution in [1.82, 2.24) is 0 Å². The summed E-state index contributed by atoms with van der Waals surface area (Å²) in [6.45, 7) is 2.44. The number of hydrogen-bond acceptors (Lipinski definition) is 5. The van der Waals surface area contributed by atoms with E-state index in [0.717, 1.165) is 14.7 Å². The SMILES string of the molecule is COc1cc(/C=C(/C#N)c2cccc([N+](=O)[O-])c2)cc(I)c1OCc1ccc(C)cc1. The zero-order chi connectivity index (χ0) is 22.4. The van der Waals surface area contributed by atoms with Crippen LogP contribution in [-0.2, 0) is 6.61 Å². The first-order valence-corrected chi connectivity index (χ1v) is 10.4. The van der Waals surface area contributed by atoms with Gasteiger partial charge in [-0.1, -0.05) is 42.0 Å². The number of methoxy groups -OCH3 is 1. The number of hydrogen-bond donors (Lipinski definition) is 0. The normalized spacial score (nSPS) is 11.0. The molecule has 0 aliphatic carbocycles. The van der Waals surface area contributed by atoms with Crippen LogP contribution in [0.3, 0.4) is 0 Å². The van der Waals surface area contributed by atoms with Crippen LogP contribution in [0, 0.1) is 31.9 Å². The van der Waals surface area contributed by atoms with Crippen molar-refractivity contribution in [1.29, 1.82) is 5.26 Å². The van der Waals surface area contributed by atoms with Gasteiger partial charge < -0.3 is 9.47 Å². The Labute approximate surface area is 194 Å². The van der Waals surface area contributed by atoms with Crippen molar-refractivity contribution < 1.29 is 14.4 Å². The standard InChI is InChI=1S/C24H19IN2O4/c1-16-6-8-17(9-7-16)15-31-24-22(25)11-18(12-23(24)30-2)10-20(14-26)19-4-3-5-21(13-19)27(28)29/h3-13H,15H2,1-2H3/b20-10-. The Hall–Kier alpha value is -3.38. The van der Waals surface area contributed by atoms with Crippen LogP contribution in [-0.4, -0.2) is 12.0 Å². The molecular formula is C24H19IN2O4. The first-order valence-electron chi connectivity index (χ1n) is 9.33. The topological polar surface area (TPSA) is 85.4 Å². The third-order valence-corrected chi connectivity index (χ3v) is 5.36. The zero-order valence-electron chi connectivity index (χ0n) is 17.0. The maximum atomic E-state index is 11.0. The van der Waals surface area contributed by atoms with Crippen LogP contribution in [0.1, 0.15) is 22.3 Å². The third kappa shape index (κ3) is 5.61. The van der Waals surface area contributed by atoms with Crippen molar-refractivity contribution in [2.24, 2.45) is 0 Å². The van der Waals surface area contributed by atoms with Gasteiger partial charge in [-0.3, -0.25) is 10.1 Å². The van der Waals surface area contributed by atoms with E-state index >= 15 is 0 Å². The van der Waals surface area contributed by atoms with Crippen molar-refractivity contribution in [2.75, 3.05) is 7.11 Å². The first-order chi connectivity index (χ1) is 14.9. The van der Waals surface area contributed by atoms with Gasteiger partial charge in [-0.25, -0.2) is 0 Å². The fourth-order valence-corrected chi connectivity index (χ4v) is 3.72. The monoisotopic (exact) mass is 526 g/mol. The van der Waals surface area contributed by atoms with Gasteiger partial charge in [0.25, 0.3) is 5.69 Å². The van der Waals surface area contributed by atoms with Gasteiger partial charge >= 0.3 is 0 Å². The highest BCUT2D eigenvalue weighted by Crippen LogP contribution is 2.36. The summed E-state index contributed by atoms with van der Waals surface area (Å²) in [5.41, 5.74) is 3.69. The average molecular weight is 526 g/mol. The summed E-state index contributed by atoms with van der Waals surface area (Å²) in [4.78, 5) is 10.6. The van der Waals surface area contributed by atoms with Crippen molar-refractivity contribution in [3.8, 4) is 17.6 Å². The molecule has 0 bridgehead atoms. The van der Waals surface area contributed by atoms with Crippen molar-refractivity contribution >= 4 is 39.9 Å². The molecule has 3 rings (SSSR count). The Kier molecular flexibility index (Phi) is 7.26. The van der Waals surface area contributed by atoms with Gasteiger partial charge in [0.15, 0.2) is 11.5 Å². The van der Waals surface area contributed by atoms with Crippen molar-refractivity contribution in [3.63, 3.8) is 0 Å². The van der Waals surface area contributed by atoms with Crippen LogP contribution in [0.5, 0.6) is 11.5 Å². The van der Waals surface area contributed by atoms with E-state index in [1.54, 1.807) is 31.4 Å². The lowest BCUT2D eigenvalue weighted by Gasteiger charge is -2.14. The maximum absolute atomic E-state index is 11.0. The molecule has 156 valence electrons. The van der Waals surface area contributed by atoms with Crippen LogP contribution in [0.25, 0.3) is 11.6 Å². The van der Waals surface area contributed by atoms with Crippen molar-refractivity contribution in [3.05, 3.63) is 96.6 Å². The minimum Gasteiger partial charge on any atom is -0.493 e. The highest BCUT2D eigenvalue weighted by atomic mass is 127. The minimum atomic E-state index is -0.482. The van der Waals surface area contributed by atoms with E-state index in [1.165, 1.54) is 17.7 Å². The van der Waals surface area contributed by atoms with Crippen LogP contribution in [0.15, 0.2) is 60.7 Å². The van der Waals surface area contributed by atoms with Crippen LogP contribution in [0.4, 0.5) is 5.69 Å². The molecule has 0 radical (unpaired) electrons. The summed E-state index contributed by atoms with van der Waals surface area (Å²) in [6.07, 6.45) is 1.67. The molecule has 3 aromatic carbocycles. The zero-order valence-corrected chi connectivity index (χ0v) is 19.1. The first kappa shape index (κ1) is 22.3. The number of allylic oxidation sites excluding steroid dienone is 1. The largest absolute Gasteiger partial charge is 0.493 e. The fourth-order valence-electron chi connectivity index (χ4n) is 2.94. The second-order valence-electron chi connectivity index (χ2n) is 6.79. The quantitative estimate of drug-likeness (QED) is 0.121. The van der Waals surface area contributed by atoms with E-state index in [4.69, 9.17) is 9.47 Å². The molecule has 0 heterocycles. The fraction of sp³-hybridized carbons (Fsp3) is 0.125. The van der Waals surface area contributed by atoms with E-state index in [2.05, 4.69) is 28.7 Å². The molecule has 6 nitrogen and oxygen atoms in total. The minimum absolute atomic E-state index is 0.0642. The van der Waals surface area contributed by atoms with Gasteiger partial charge in [-0.2, -0.15) is 5.26 Å². The van der Waals surface area contributed by atoms with Crippen LogP contribution < -0.4 is 9.47 Å². The summed E-state index contributed by atoms with van der Waals surface area (Å²) in [5.74, 6) is 1.16. The molecule has 7 heteroatoms. The predicted molar refractivity (Wildman–Crippen MR) is 128 cm³/mol. The van der Waals surface area contributed by atoms with E-state index < -0.39 is 4.92 Å². The molecule has 0 saturated carbocycles. The second-order valence-corrected chi connectivity index (χ2v) is 7.95. The number of nitrogens with zero attached hydrogens (tertiary/aromatic N) is 2. The third-order valence-electron chi connectivity index (χ3n) is 4.55. The molecule has 0 spiro atoms. The molecule has 0 fully saturated rings. The number of nitro groups is 1. The van der Waals surface area contributed by atoms with E-state index in [0.29, 0.717) is 29.2 Å². The Morgan fingerprint density at radius 1 is 1.19 bits per heavy atom. The van der Waals surface area contributed by atoms with Gasteiger partial charge in [0.1, 0.15) is 6.61 Å².